The molecular weight excluding hydrogens is 314 g/mol. The van der Waals surface area contributed by atoms with Crippen LogP contribution >= 0.6 is 11.6 Å². The first-order valence-electron chi connectivity index (χ1n) is 6.22. The Morgan fingerprint density at radius 3 is 2.71 bits per heavy atom. The smallest absolute Gasteiger partial charge is 0.282 e. The fourth-order valence-electron chi connectivity index (χ4n) is 1.82. The maximum atomic E-state index is 12.4. The Morgan fingerprint density at radius 2 is 2.10 bits per heavy atom. The molecule has 1 aromatic heterocycles. The van der Waals surface area contributed by atoms with Gasteiger partial charge in [-0.05, 0) is 18.1 Å². The SMILES string of the molecule is COCCc1ccccc1NS(=O)(=O)c1ncn(C)c1Cl. The molecule has 8 heteroatoms. The van der Waals surface area contributed by atoms with E-state index < -0.39 is 10.0 Å². The molecule has 6 nitrogen and oxygen atoms in total. The highest BCUT2D eigenvalue weighted by Gasteiger charge is 2.23. The van der Waals surface area contributed by atoms with Crippen LogP contribution in [0.4, 0.5) is 5.69 Å². The summed E-state index contributed by atoms with van der Waals surface area (Å²) in [7, 11) is -0.602. The lowest BCUT2D eigenvalue weighted by atomic mass is 10.1. The molecule has 0 saturated heterocycles. The third kappa shape index (κ3) is 3.55. The van der Waals surface area contributed by atoms with Crippen molar-refractivity contribution in [3.05, 3.63) is 41.3 Å². The van der Waals surface area contributed by atoms with Crippen LogP contribution in [-0.2, 0) is 28.2 Å². The van der Waals surface area contributed by atoms with Gasteiger partial charge in [0.1, 0.15) is 5.15 Å². The zero-order chi connectivity index (χ0) is 15.5. The van der Waals surface area contributed by atoms with E-state index >= 15 is 0 Å². The fraction of sp³-hybridized carbons (Fsp3) is 0.308. The molecule has 2 aromatic rings. The first kappa shape index (κ1) is 15.8. The van der Waals surface area contributed by atoms with Crippen LogP contribution in [0.2, 0.25) is 5.15 Å². The molecule has 114 valence electrons. The average molecular weight is 330 g/mol. The van der Waals surface area contributed by atoms with E-state index in [4.69, 9.17) is 16.3 Å². The van der Waals surface area contributed by atoms with Crippen LogP contribution in [0.25, 0.3) is 0 Å². The van der Waals surface area contributed by atoms with Gasteiger partial charge in [0.05, 0.1) is 18.6 Å². The number of methoxy groups -OCH3 is 1. The highest BCUT2D eigenvalue weighted by Crippen LogP contribution is 2.24. The molecule has 0 amide bonds. The van der Waals surface area contributed by atoms with E-state index in [0.29, 0.717) is 18.7 Å². The Bertz CT molecular complexity index is 728. The Hall–Kier alpha value is -1.57. The number of hydrogen-bond donors (Lipinski definition) is 1. The number of nitrogens with one attached hydrogen (secondary N) is 1. The molecule has 0 unspecified atom stereocenters. The second-order valence-electron chi connectivity index (χ2n) is 4.46. The molecule has 1 aromatic carbocycles. The number of hydrogen-bond acceptors (Lipinski definition) is 4. The molecule has 0 bridgehead atoms. The second-order valence-corrected chi connectivity index (χ2v) is 6.41. The zero-order valence-corrected chi connectivity index (χ0v) is 13.3. The first-order chi connectivity index (χ1) is 9.95. The number of sulfonamides is 1. The van der Waals surface area contributed by atoms with Gasteiger partial charge in [-0.3, -0.25) is 4.72 Å². The monoisotopic (exact) mass is 329 g/mol. The lowest BCUT2D eigenvalue weighted by Crippen LogP contribution is -2.15. The van der Waals surface area contributed by atoms with E-state index in [1.165, 1.54) is 10.9 Å². The molecule has 0 fully saturated rings. The Morgan fingerprint density at radius 1 is 1.38 bits per heavy atom. The van der Waals surface area contributed by atoms with E-state index in [1.807, 2.05) is 12.1 Å². The third-order valence-electron chi connectivity index (χ3n) is 2.93. The number of ether oxygens (including phenoxy) is 1. The summed E-state index contributed by atoms with van der Waals surface area (Å²) in [5.74, 6) is 0. The van der Waals surface area contributed by atoms with Gasteiger partial charge >= 0.3 is 0 Å². The molecule has 0 aliphatic rings. The molecule has 21 heavy (non-hydrogen) atoms. The van der Waals surface area contributed by atoms with Crippen molar-refractivity contribution in [2.75, 3.05) is 18.4 Å². The Labute approximate surface area is 128 Å². The maximum Gasteiger partial charge on any atom is 0.282 e. The van der Waals surface area contributed by atoms with Crippen molar-refractivity contribution < 1.29 is 13.2 Å². The molecule has 0 aliphatic heterocycles. The summed E-state index contributed by atoms with van der Waals surface area (Å²) >= 11 is 5.94. The van der Waals surface area contributed by atoms with Gasteiger partial charge in [0.2, 0.25) is 5.03 Å². The molecular formula is C13H16ClN3O3S. The van der Waals surface area contributed by atoms with Crippen molar-refractivity contribution in [1.29, 1.82) is 0 Å². The van der Waals surface area contributed by atoms with Crippen LogP contribution in [0.3, 0.4) is 0 Å². The number of anilines is 1. The lowest BCUT2D eigenvalue weighted by Gasteiger charge is -2.11. The minimum atomic E-state index is -3.83. The molecule has 0 spiro atoms. The second kappa shape index (κ2) is 6.46. The minimum absolute atomic E-state index is 0.0665. The zero-order valence-electron chi connectivity index (χ0n) is 11.7. The van der Waals surface area contributed by atoms with Crippen LogP contribution in [-0.4, -0.2) is 31.7 Å². The molecule has 0 aliphatic carbocycles. The van der Waals surface area contributed by atoms with E-state index in [1.54, 1.807) is 26.3 Å². The minimum Gasteiger partial charge on any atom is -0.384 e. The van der Waals surface area contributed by atoms with Crippen molar-refractivity contribution in [2.45, 2.75) is 11.4 Å². The summed E-state index contributed by atoms with van der Waals surface area (Å²) in [4.78, 5) is 3.83. The van der Waals surface area contributed by atoms with E-state index in [0.717, 1.165) is 5.56 Å². The van der Waals surface area contributed by atoms with E-state index in [2.05, 4.69) is 9.71 Å². The third-order valence-corrected chi connectivity index (χ3v) is 4.78. The van der Waals surface area contributed by atoms with Crippen LogP contribution in [0, 0.1) is 0 Å². The lowest BCUT2D eigenvalue weighted by molar-refractivity contribution is 0.202. The van der Waals surface area contributed by atoms with Gasteiger partial charge < -0.3 is 9.30 Å². The number of nitrogens with zero attached hydrogens (tertiary/aromatic N) is 2. The molecule has 0 saturated carbocycles. The number of aryl methyl sites for hydroxylation is 1. The van der Waals surface area contributed by atoms with Crippen molar-refractivity contribution in [2.24, 2.45) is 7.05 Å². The fourth-order valence-corrected chi connectivity index (χ4v) is 3.35. The van der Waals surface area contributed by atoms with Gasteiger partial charge in [0.15, 0.2) is 0 Å². The van der Waals surface area contributed by atoms with Gasteiger partial charge in [-0.25, -0.2) is 4.98 Å². The first-order valence-corrected chi connectivity index (χ1v) is 8.08. The van der Waals surface area contributed by atoms with Crippen molar-refractivity contribution in [1.82, 2.24) is 9.55 Å². The van der Waals surface area contributed by atoms with Crippen molar-refractivity contribution >= 4 is 27.3 Å². The van der Waals surface area contributed by atoms with Gasteiger partial charge in [-0.15, -0.1) is 0 Å². The summed E-state index contributed by atoms with van der Waals surface area (Å²) in [6.07, 6.45) is 1.96. The van der Waals surface area contributed by atoms with Crippen LogP contribution in [0.1, 0.15) is 5.56 Å². The van der Waals surface area contributed by atoms with Gasteiger partial charge in [0.25, 0.3) is 10.0 Å². The van der Waals surface area contributed by atoms with Crippen LogP contribution in [0.15, 0.2) is 35.6 Å². The van der Waals surface area contributed by atoms with Crippen LogP contribution in [0.5, 0.6) is 0 Å². The molecule has 1 heterocycles. The quantitative estimate of drug-likeness (QED) is 0.880. The van der Waals surface area contributed by atoms with Crippen molar-refractivity contribution in [3.63, 3.8) is 0 Å². The number of benzene rings is 1. The predicted octanol–water partition coefficient (Wildman–Crippen LogP) is 2.06. The molecule has 2 rings (SSSR count). The maximum absolute atomic E-state index is 12.4. The van der Waals surface area contributed by atoms with Gasteiger partial charge in [-0.2, -0.15) is 8.42 Å². The molecule has 0 atom stereocenters. The topological polar surface area (TPSA) is 73.2 Å². The van der Waals surface area contributed by atoms with E-state index in [-0.39, 0.29) is 10.2 Å². The highest BCUT2D eigenvalue weighted by molar-refractivity contribution is 7.92. The molecule has 1 N–H and O–H groups in total. The predicted molar refractivity (Wildman–Crippen MR) is 81.0 cm³/mol. The van der Waals surface area contributed by atoms with Gasteiger partial charge in [0, 0.05) is 14.2 Å². The average Bonchev–Trinajstić information content (AvgIpc) is 2.78. The summed E-state index contributed by atoms with van der Waals surface area (Å²) in [5.41, 5.74) is 1.34. The molecule has 0 radical (unpaired) electrons. The normalized spacial score (nSPS) is 11.6. The standard InChI is InChI=1S/C13H16ClN3O3S/c1-17-9-15-13(12(17)14)21(18,19)16-11-6-4-3-5-10(11)7-8-20-2/h3-6,9,16H,7-8H2,1-2H3. The summed E-state index contributed by atoms with van der Waals surface area (Å²) in [5, 5.41) is -0.120. The number of aromatic nitrogens is 2. The van der Waals surface area contributed by atoms with E-state index in [9.17, 15) is 8.42 Å². The number of para-hydroxylation sites is 1. The van der Waals surface area contributed by atoms with Crippen molar-refractivity contribution in [3.8, 4) is 0 Å². The van der Waals surface area contributed by atoms with Gasteiger partial charge in [-0.1, -0.05) is 29.8 Å². The number of rotatable bonds is 6. The Balaban J connectivity index is 2.31. The summed E-state index contributed by atoms with van der Waals surface area (Å²) in [6.45, 7) is 0.503. The van der Waals surface area contributed by atoms with Crippen LogP contribution < -0.4 is 4.72 Å². The highest BCUT2D eigenvalue weighted by atomic mass is 35.5. The summed E-state index contributed by atoms with van der Waals surface area (Å²) in [6, 6.07) is 7.14. The Kier molecular flexibility index (Phi) is 4.87. The largest absolute Gasteiger partial charge is 0.384 e. The number of halogens is 1. The number of imidazole rings is 1. The summed E-state index contributed by atoms with van der Waals surface area (Å²) < 4.78 is 33.7.